The largest absolute Gasteiger partial charge is 0.428 e. The molecule has 0 aromatic rings. The molecule has 1 saturated heterocycles. The smallest absolute Gasteiger partial charge is 0.272 e. The van der Waals surface area contributed by atoms with Crippen LogP contribution in [0.2, 0.25) is 0 Å². The van der Waals surface area contributed by atoms with Crippen molar-refractivity contribution >= 4 is 5.91 Å². The van der Waals surface area contributed by atoms with E-state index in [4.69, 9.17) is 4.74 Å². The van der Waals surface area contributed by atoms with Crippen molar-refractivity contribution in [2.75, 3.05) is 26.3 Å². The number of fused-ring (bicyclic) bond motifs is 1. The number of morpholine rings is 1. The zero-order valence-electron chi connectivity index (χ0n) is 10.7. The molecule has 0 atom stereocenters. The molecule has 6 heteroatoms. The van der Waals surface area contributed by atoms with Gasteiger partial charge in [0, 0.05) is 13.1 Å². The van der Waals surface area contributed by atoms with Crippen LogP contribution in [0, 0.1) is 6.92 Å². The third-order valence-electron chi connectivity index (χ3n) is 3.34. The molecule has 100 valence electrons. The molecule has 0 unspecified atom stereocenters. The summed E-state index contributed by atoms with van der Waals surface area (Å²) in [5.41, 5.74) is 2.23. The van der Waals surface area contributed by atoms with Gasteiger partial charge in [0.2, 0.25) is 0 Å². The molecule has 6 nitrogen and oxygen atoms in total. The maximum Gasteiger partial charge on any atom is 0.272 e. The Kier molecular flexibility index (Phi) is 2.87. The molecule has 19 heavy (non-hydrogen) atoms. The predicted molar refractivity (Wildman–Crippen MR) is 67.5 cm³/mol. The van der Waals surface area contributed by atoms with Crippen molar-refractivity contribution in [1.82, 2.24) is 14.6 Å². The molecule has 3 aliphatic rings. The summed E-state index contributed by atoms with van der Waals surface area (Å²) in [5.74, 6) is -0.114. The van der Waals surface area contributed by atoms with Crippen LogP contribution in [0.15, 0.2) is 18.2 Å². The molecule has 0 saturated carbocycles. The highest BCUT2D eigenvalue weighted by Gasteiger charge is 2.23. The minimum Gasteiger partial charge on any atom is -0.428 e. The van der Waals surface area contributed by atoms with E-state index in [1.165, 1.54) is 0 Å². The third-order valence-corrected chi connectivity index (χ3v) is 3.34. The van der Waals surface area contributed by atoms with Crippen LogP contribution in [0.5, 0.6) is 0 Å². The lowest BCUT2D eigenvalue weighted by Crippen LogP contribution is -2.40. The molecule has 0 bridgehead atoms. The lowest BCUT2D eigenvalue weighted by molar-refractivity contribution is 0.0299. The van der Waals surface area contributed by atoms with Gasteiger partial charge in [-0.05, 0) is 25.1 Å². The van der Waals surface area contributed by atoms with Crippen LogP contribution >= 0.6 is 0 Å². The van der Waals surface area contributed by atoms with Crippen molar-refractivity contribution in [3.8, 4) is 11.4 Å². The second-order valence-corrected chi connectivity index (χ2v) is 4.60. The van der Waals surface area contributed by atoms with Crippen LogP contribution in [0.3, 0.4) is 0 Å². The lowest BCUT2D eigenvalue weighted by Gasteiger charge is -2.25. The van der Waals surface area contributed by atoms with E-state index in [-0.39, 0.29) is 5.91 Å². The summed E-state index contributed by atoms with van der Waals surface area (Å²) in [6.45, 7) is 4.08. The Morgan fingerprint density at radius 1 is 1.37 bits per heavy atom. The SMILES string of the molecule is Cc1ccc2nc(C(=O)N3CCOCC3)cc-2n1O. The van der Waals surface area contributed by atoms with Crippen molar-refractivity contribution in [3.05, 3.63) is 29.6 Å². The highest BCUT2D eigenvalue weighted by Crippen LogP contribution is 2.23. The van der Waals surface area contributed by atoms with E-state index in [9.17, 15) is 10.0 Å². The van der Waals surface area contributed by atoms with Crippen molar-refractivity contribution < 1.29 is 14.7 Å². The minimum absolute atomic E-state index is 0.114. The van der Waals surface area contributed by atoms with E-state index in [0.29, 0.717) is 49.1 Å². The van der Waals surface area contributed by atoms with Crippen LogP contribution in [0.1, 0.15) is 16.2 Å². The Morgan fingerprint density at radius 2 is 2.11 bits per heavy atom. The Hall–Kier alpha value is -2.08. The standard InChI is InChI=1S/C13H15N3O3/c1-9-2-3-10-12(16(9)18)8-11(14-10)13(17)15-4-6-19-7-5-15/h2-3,8,18H,4-7H2,1H3. The average molecular weight is 261 g/mol. The normalized spacial score (nSPS) is 15.9. The van der Waals surface area contributed by atoms with Crippen LogP contribution in [0.25, 0.3) is 11.4 Å². The van der Waals surface area contributed by atoms with Gasteiger partial charge in [0.25, 0.3) is 5.91 Å². The summed E-state index contributed by atoms with van der Waals surface area (Å²) in [5, 5.41) is 9.90. The van der Waals surface area contributed by atoms with Gasteiger partial charge in [0.15, 0.2) is 0 Å². The van der Waals surface area contributed by atoms with Gasteiger partial charge < -0.3 is 14.8 Å². The second-order valence-electron chi connectivity index (χ2n) is 4.60. The van der Waals surface area contributed by atoms with E-state index in [2.05, 4.69) is 4.98 Å². The number of ether oxygens (including phenoxy) is 1. The molecule has 3 heterocycles. The van der Waals surface area contributed by atoms with E-state index in [0.717, 1.165) is 4.73 Å². The van der Waals surface area contributed by atoms with Crippen LogP contribution in [-0.4, -0.2) is 52.0 Å². The Morgan fingerprint density at radius 3 is 2.84 bits per heavy atom. The number of aromatic nitrogens is 2. The molecule has 0 spiro atoms. The highest BCUT2D eigenvalue weighted by atomic mass is 16.5. The first kappa shape index (κ1) is 12.0. The first-order chi connectivity index (χ1) is 9.16. The van der Waals surface area contributed by atoms with Gasteiger partial charge in [0.1, 0.15) is 11.4 Å². The maximum atomic E-state index is 12.3. The van der Waals surface area contributed by atoms with Gasteiger partial charge in [-0.1, -0.05) is 0 Å². The Bertz CT molecular complexity index is 587. The van der Waals surface area contributed by atoms with Gasteiger partial charge >= 0.3 is 0 Å². The Labute approximate surface area is 110 Å². The zero-order valence-corrected chi connectivity index (χ0v) is 10.7. The van der Waals surface area contributed by atoms with Crippen LogP contribution < -0.4 is 0 Å². The molecule has 3 aliphatic heterocycles. The molecule has 1 amide bonds. The number of hydrogen-bond donors (Lipinski definition) is 1. The summed E-state index contributed by atoms with van der Waals surface area (Å²) in [6.07, 6.45) is 0. The fourth-order valence-electron chi connectivity index (χ4n) is 2.21. The van der Waals surface area contributed by atoms with Gasteiger partial charge in [-0.15, -0.1) is 0 Å². The van der Waals surface area contributed by atoms with Crippen molar-refractivity contribution in [2.24, 2.45) is 0 Å². The fourth-order valence-corrected chi connectivity index (χ4v) is 2.21. The summed E-state index contributed by atoms with van der Waals surface area (Å²) in [7, 11) is 0. The number of carbonyl (C=O) groups excluding carboxylic acids is 1. The molecule has 0 aromatic heterocycles. The van der Waals surface area contributed by atoms with E-state index < -0.39 is 0 Å². The zero-order chi connectivity index (χ0) is 13.4. The number of hydrogen-bond acceptors (Lipinski definition) is 4. The molecule has 1 fully saturated rings. The number of rotatable bonds is 1. The van der Waals surface area contributed by atoms with E-state index in [1.807, 2.05) is 0 Å². The topological polar surface area (TPSA) is 67.6 Å². The van der Waals surface area contributed by atoms with Gasteiger partial charge in [-0.25, -0.2) is 4.98 Å². The summed E-state index contributed by atoms with van der Waals surface area (Å²) < 4.78 is 6.28. The van der Waals surface area contributed by atoms with Crippen molar-refractivity contribution in [1.29, 1.82) is 0 Å². The Balaban J connectivity index is 1.95. The average Bonchev–Trinajstić information content (AvgIpc) is 2.88. The van der Waals surface area contributed by atoms with Crippen molar-refractivity contribution in [3.63, 3.8) is 0 Å². The lowest BCUT2D eigenvalue weighted by atomic mass is 10.2. The van der Waals surface area contributed by atoms with Gasteiger partial charge in [0.05, 0.1) is 24.6 Å². The maximum absolute atomic E-state index is 12.3. The number of carbonyl (C=O) groups is 1. The molecular formula is C13H15N3O3. The van der Waals surface area contributed by atoms with Gasteiger partial charge in [-0.3, -0.25) is 4.79 Å². The van der Waals surface area contributed by atoms with Crippen molar-refractivity contribution in [2.45, 2.75) is 6.92 Å². The van der Waals surface area contributed by atoms with Crippen LogP contribution in [-0.2, 0) is 4.74 Å². The molecule has 0 radical (unpaired) electrons. The molecule has 0 aliphatic carbocycles. The quantitative estimate of drug-likeness (QED) is 0.778. The summed E-state index contributed by atoms with van der Waals surface area (Å²) in [6, 6.07) is 5.19. The summed E-state index contributed by atoms with van der Waals surface area (Å²) >= 11 is 0. The number of nitrogens with zero attached hydrogens (tertiary/aromatic N) is 3. The first-order valence-corrected chi connectivity index (χ1v) is 6.22. The number of amides is 1. The fraction of sp³-hybridized carbons (Fsp3) is 0.385. The summed E-state index contributed by atoms with van der Waals surface area (Å²) in [4.78, 5) is 18.3. The second kappa shape index (κ2) is 4.55. The monoisotopic (exact) mass is 261 g/mol. The molecule has 0 aromatic carbocycles. The number of pyridine rings is 1. The highest BCUT2D eigenvalue weighted by molar-refractivity contribution is 5.94. The third kappa shape index (κ3) is 2.04. The van der Waals surface area contributed by atoms with Gasteiger partial charge in [-0.2, -0.15) is 4.73 Å². The number of aryl methyl sites for hydroxylation is 1. The van der Waals surface area contributed by atoms with E-state index in [1.54, 1.807) is 30.0 Å². The first-order valence-electron chi connectivity index (χ1n) is 6.22. The molecule has 1 N–H and O–H groups in total. The van der Waals surface area contributed by atoms with E-state index >= 15 is 0 Å². The molecule has 3 rings (SSSR count). The van der Waals surface area contributed by atoms with Crippen LogP contribution in [0.4, 0.5) is 0 Å². The molecular weight excluding hydrogens is 246 g/mol. The predicted octanol–water partition coefficient (Wildman–Crippen LogP) is 1.01. The minimum atomic E-state index is -0.114.